The number of sulfonamides is 1. The Bertz CT molecular complexity index is 1010. The summed E-state index contributed by atoms with van der Waals surface area (Å²) < 4.78 is 43.0. The van der Waals surface area contributed by atoms with Crippen molar-refractivity contribution >= 4 is 27.5 Å². The number of hydrogen-bond donors (Lipinski definition) is 2. The summed E-state index contributed by atoms with van der Waals surface area (Å²) >= 11 is 6.13. The second kappa shape index (κ2) is 10.0. The molecule has 0 aromatic heterocycles. The van der Waals surface area contributed by atoms with Crippen LogP contribution in [0.2, 0.25) is 5.02 Å². The lowest BCUT2D eigenvalue weighted by Crippen LogP contribution is -2.28. The fourth-order valence-electron chi connectivity index (χ4n) is 2.68. The minimum atomic E-state index is -3.64. The monoisotopic (exact) mass is 454 g/mol. The number of ether oxygens (including phenoxy) is 3. The van der Waals surface area contributed by atoms with Crippen molar-refractivity contribution in [3.05, 3.63) is 47.0 Å². The summed E-state index contributed by atoms with van der Waals surface area (Å²) in [5.41, 5.74) is 0.857. The minimum Gasteiger partial charge on any atom is -0.482 e. The normalized spacial score (nSPS) is 12.6. The van der Waals surface area contributed by atoms with Gasteiger partial charge in [-0.05, 0) is 42.3 Å². The third kappa shape index (κ3) is 5.78. The van der Waals surface area contributed by atoms with Crippen LogP contribution in [0.15, 0.2) is 41.3 Å². The molecule has 2 aromatic carbocycles. The number of amides is 1. The first-order chi connectivity index (χ1) is 14.4. The van der Waals surface area contributed by atoms with Gasteiger partial charge in [0.25, 0.3) is 5.91 Å². The number of unbranched alkanes of at least 4 members (excludes halogenated alkanes) is 1. The molecule has 0 bridgehead atoms. The first kappa shape index (κ1) is 22.2. The molecule has 10 heteroatoms. The number of benzene rings is 2. The van der Waals surface area contributed by atoms with Crippen molar-refractivity contribution in [3.8, 4) is 17.2 Å². The Hall–Kier alpha value is -2.49. The summed E-state index contributed by atoms with van der Waals surface area (Å²) in [6, 6.07) is 9.54. The lowest BCUT2D eigenvalue weighted by Gasteiger charge is -2.11. The molecule has 8 nitrogen and oxygen atoms in total. The number of halogens is 1. The third-order valence-electron chi connectivity index (χ3n) is 4.32. The van der Waals surface area contributed by atoms with Crippen molar-refractivity contribution in [2.24, 2.45) is 0 Å². The van der Waals surface area contributed by atoms with Gasteiger partial charge in [0.2, 0.25) is 16.8 Å². The molecule has 0 atom stereocenters. The second-order valence-electron chi connectivity index (χ2n) is 6.60. The van der Waals surface area contributed by atoms with E-state index in [1.165, 1.54) is 18.2 Å². The van der Waals surface area contributed by atoms with E-state index in [0.717, 1.165) is 18.4 Å². The summed E-state index contributed by atoms with van der Waals surface area (Å²) in [5.74, 6) is 1.20. The van der Waals surface area contributed by atoms with E-state index in [-0.39, 0.29) is 35.0 Å². The molecule has 0 fully saturated rings. The van der Waals surface area contributed by atoms with Crippen molar-refractivity contribution in [2.75, 3.05) is 19.9 Å². The maximum absolute atomic E-state index is 12.2. The van der Waals surface area contributed by atoms with Crippen molar-refractivity contribution in [1.29, 1.82) is 0 Å². The average molecular weight is 455 g/mol. The Balaban J connectivity index is 1.50. The zero-order valence-corrected chi connectivity index (χ0v) is 18.0. The molecule has 3 rings (SSSR count). The van der Waals surface area contributed by atoms with Gasteiger partial charge in [0.1, 0.15) is 5.75 Å². The van der Waals surface area contributed by atoms with E-state index in [9.17, 15) is 13.2 Å². The van der Waals surface area contributed by atoms with Crippen molar-refractivity contribution in [1.82, 2.24) is 10.0 Å². The zero-order valence-electron chi connectivity index (χ0n) is 16.4. The number of carbonyl (C=O) groups excluding carboxylic acids is 1. The predicted molar refractivity (Wildman–Crippen MR) is 111 cm³/mol. The van der Waals surface area contributed by atoms with Crippen LogP contribution < -0.4 is 24.2 Å². The molecule has 2 aromatic rings. The van der Waals surface area contributed by atoms with E-state index in [4.69, 9.17) is 25.8 Å². The Morgan fingerprint density at radius 3 is 2.73 bits per heavy atom. The highest BCUT2D eigenvalue weighted by atomic mass is 35.5. The van der Waals surface area contributed by atoms with Crippen LogP contribution in [0, 0.1) is 0 Å². The van der Waals surface area contributed by atoms with Gasteiger partial charge in [0, 0.05) is 13.1 Å². The highest BCUT2D eigenvalue weighted by Crippen LogP contribution is 2.32. The standard InChI is InChI=1S/C20H23ClN2O6S/c1-2-3-8-23-30(25,26)15-5-7-17(16(21)10-15)27-12-20(24)22-11-14-4-6-18-19(9-14)29-13-28-18/h4-7,9-10,23H,2-3,8,11-13H2,1H3,(H,22,24). The predicted octanol–water partition coefficient (Wildman–Crippen LogP) is 2.84. The smallest absolute Gasteiger partial charge is 0.258 e. The fourth-order valence-corrected chi connectivity index (χ4v) is 4.08. The molecular formula is C20H23ClN2O6S. The van der Waals surface area contributed by atoms with E-state index in [1.54, 1.807) is 12.1 Å². The van der Waals surface area contributed by atoms with Gasteiger partial charge < -0.3 is 19.5 Å². The van der Waals surface area contributed by atoms with Crippen LogP contribution in [-0.4, -0.2) is 34.3 Å². The Morgan fingerprint density at radius 1 is 1.17 bits per heavy atom. The van der Waals surface area contributed by atoms with Crippen LogP contribution in [0.5, 0.6) is 17.2 Å². The first-order valence-corrected chi connectivity index (χ1v) is 11.3. The summed E-state index contributed by atoms with van der Waals surface area (Å²) in [6.07, 6.45) is 1.63. The zero-order chi connectivity index (χ0) is 21.6. The molecule has 1 heterocycles. The number of fused-ring (bicyclic) bond motifs is 1. The van der Waals surface area contributed by atoms with Gasteiger partial charge in [0.15, 0.2) is 18.1 Å². The van der Waals surface area contributed by atoms with Gasteiger partial charge in [-0.2, -0.15) is 0 Å². The summed E-state index contributed by atoms with van der Waals surface area (Å²) in [4.78, 5) is 12.1. The lowest BCUT2D eigenvalue weighted by atomic mass is 10.2. The van der Waals surface area contributed by atoms with Gasteiger partial charge >= 0.3 is 0 Å². The van der Waals surface area contributed by atoms with Crippen LogP contribution in [-0.2, 0) is 21.4 Å². The van der Waals surface area contributed by atoms with Gasteiger partial charge in [-0.25, -0.2) is 13.1 Å². The molecule has 0 aliphatic carbocycles. The Kier molecular flexibility index (Phi) is 7.41. The SMILES string of the molecule is CCCCNS(=O)(=O)c1ccc(OCC(=O)NCc2ccc3c(c2)OCO3)c(Cl)c1. The summed E-state index contributed by atoms with van der Waals surface area (Å²) in [7, 11) is -3.64. The molecule has 162 valence electrons. The van der Waals surface area contributed by atoms with Crippen LogP contribution in [0.1, 0.15) is 25.3 Å². The van der Waals surface area contributed by atoms with E-state index in [1.807, 2.05) is 13.0 Å². The van der Waals surface area contributed by atoms with Crippen LogP contribution in [0.25, 0.3) is 0 Å². The topological polar surface area (TPSA) is 103 Å². The number of nitrogens with one attached hydrogen (secondary N) is 2. The number of rotatable bonds is 10. The Morgan fingerprint density at radius 2 is 1.97 bits per heavy atom. The summed E-state index contributed by atoms with van der Waals surface area (Å²) in [5, 5.41) is 2.84. The van der Waals surface area contributed by atoms with Crippen LogP contribution in [0.3, 0.4) is 0 Å². The molecule has 0 spiro atoms. The van der Waals surface area contributed by atoms with E-state index in [2.05, 4.69) is 10.0 Å². The molecular weight excluding hydrogens is 432 g/mol. The average Bonchev–Trinajstić information content (AvgIpc) is 3.19. The molecule has 30 heavy (non-hydrogen) atoms. The van der Waals surface area contributed by atoms with Crippen LogP contribution in [0.4, 0.5) is 0 Å². The maximum Gasteiger partial charge on any atom is 0.258 e. The Labute approximate surface area is 180 Å². The highest BCUT2D eigenvalue weighted by molar-refractivity contribution is 7.89. The van der Waals surface area contributed by atoms with Gasteiger partial charge in [-0.15, -0.1) is 0 Å². The fraction of sp³-hybridized carbons (Fsp3) is 0.350. The molecule has 0 saturated carbocycles. The lowest BCUT2D eigenvalue weighted by molar-refractivity contribution is -0.123. The van der Waals surface area contributed by atoms with E-state index < -0.39 is 10.0 Å². The highest BCUT2D eigenvalue weighted by Gasteiger charge is 2.16. The molecule has 2 N–H and O–H groups in total. The van der Waals surface area contributed by atoms with E-state index >= 15 is 0 Å². The molecule has 0 unspecified atom stereocenters. The molecule has 1 amide bonds. The van der Waals surface area contributed by atoms with Crippen LogP contribution >= 0.6 is 11.6 Å². The second-order valence-corrected chi connectivity index (χ2v) is 8.77. The third-order valence-corrected chi connectivity index (χ3v) is 6.08. The molecule has 0 saturated heterocycles. The van der Waals surface area contributed by atoms with E-state index in [0.29, 0.717) is 24.6 Å². The first-order valence-electron chi connectivity index (χ1n) is 9.46. The maximum atomic E-state index is 12.2. The van der Waals surface area contributed by atoms with Crippen molar-refractivity contribution in [3.63, 3.8) is 0 Å². The van der Waals surface area contributed by atoms with Crippen molar-refractivity contribution in [2.45, 2.75) is 31.2 Å². The molecule has 1 aliphatic rings. The largest absolute Gasteiger partial charge is 0.482 e. The van der Waals surface area contributed by atoms with Gasteiger partial charge in [-0.1, -0.05) is 31.0 Å². The molecule has 1 aliphatic heterocycles. The molecule has 0 radical (unpaired) electrons. The minimum absolute atomic E-state index is 0.0446. The summed E-state index contributed by atoms with van der Waals surface area (Å²) in [6.45, 7) is 2.56. The quantitative estimate of drug-likeness (QED) is 0.535. The van der Waals surface area contributed by atoms with Gasteiger partial charge in [0.05, 0.1) is 9.92 Å². The number of hydrogen-bond acceptors (Lipinski definition) is 6. The van der Waals surface area contributed by atoms with Crippen molar-refractivity contribution < 1.29 is 27.4 Å². The van der Waals surface area contributed by atoms with Gasteiger partial charge in [-0.3, -0.25) is 4.79 Å². The number of carbonyl (C=O) groups is 1.